The molecule has 2 aromatic heterocycles. The average molecular weight is 419 g/mol. The molecule has 0 fully saturated rings. The normalized spacial score (nSPS) is 11.8. The fourth-order valence-corrected chi connectivity index (χ4v) is 6.23. The monoisotopic (exact) mass is 418 g/mol. The van der Waals surface area contributed by atoms with Gasteiger partial charge >= 0.3 is 0 Å². The molecule has 4 nitrogen and oxygen atoms in total. The van der Waals surface area contributed by atoms with Crippen LogP contribution >= 0.6 is 22.7 Å². The Kier molecular flexibility index (Phi) is 4.49. The largest absolute Gasteiger partial charge is 0.270 e. The smallest absolute Gasteiger partial charge is 0.262 e. The number of hydrogen-bond donors (Lipinski definition) is 1. The van der Waals surface area contributed by atoms with E-state index < -0.39 is 15.8 Å². The van der Waals surface area contributed by atoms with E-state index in [1.807, 2.05) is 36.6 Å². The number of hydrogen-bond acceptors (Lipinski definition) is 5. The Morgan fingerprint density at radius 3 is 2.59 bits per heavy atom. The fraction of sp³-hybridized carbons (Fsp3) is 0.105. The first kappa shape index (κ1) is 18.1. The summed E-state index contributed by atoms with van der Waals surface area (Å²) < 4.78 is 42.7. The van der Waals surface area contributed by atoms with Crippen molar-refractivity contribution in [2.75, 3.05) is 4.72 Å². The third-order valence-corrected chi connectivity index (χ3v) is 7.69. The van der Waals surface area contributed by atoms with Crippen molar-refractivity contribution >= 4 is 47.9 Å². The molecule has 0 radical (unpaired) electrons. The SMILES string of the molecule is Cc1cc(S(=O)(=O)Nc2scc(C)c2-c2nc3ccccc3s2)ccc1F. The van der Waals surface area contributed by atoms with Crippen molar-refractivity contribution in [2.24, 2.45) is 0 Å². The van der Waals surface area contributed by atoms with Gasteiger partial charge in [0.1, 0.15) is 15.8 Å². The van der Waals surface area contributed by atoms with E-state index in [0.29, 0.717) is 5.00 Å². The van der Waals surface area contributed by atoms with Gasteiger partial charge in [0.2, 0.25) is 0 Å². The van der Waals surface area contributed by atoms with Crippen LogP contribution in [0.5, 0.6) is 0 Å². The number of aryl methyl sites for hydroxylation is 2. The molecular weight excluding hydrogens is 403 g/mol. The van der Waals surface area contributed by atoms with E-state index >= 15 is 0 Å². The van der Waals surface area contributed by atoms with Crippen LogP contribution in [0.3, 0.4) is 0 Å². The summed E-state index contributed by atoms with van der Waals surface area (Å²) in [7, 11) is -3.83. The van der Waals surface area contributed by atoms with Crippen molar-refractivity contribution in [1.82, 2.24) is 4.98 Å². The minimum Gasteiger partial charge on any atom is -0.270 e. The Hall–Kier alpha value is -2.29. The van der Waals surface area contributed by atoms with Crippen molar-refractivity contribution in [3.8, 4) is 10.6 Å². The van der Waals surface area contributed by atoms with E-state index in [0.717, 1.165) is 32.4 Å². The summed E-state index contributed by atoms with van der Waals surface area (Å²) >= 11 is 2.83. The van der Waals surface area contributed by atoms with Crippen LogP contribution in [0.25, 0.3) is 20.8 Å². The van der Waals surface area contributed by atoms with Gasteiger partial charge in [-0.3, -0.25) is 4.72 Å². The van der Waals surface area contributed by atoms with Crippen LogP contribution in [0, 0.1) is 19.7 Å². The van der Waals surface area contributed by atoms with Gasteiger partial charge in [-0.15, -0.1) is 22.7 Å². The quantitative estimate of drug-likeness (QED) is 0.470. The number of para-hydroxylation sites is 1. The molecule has 138 valence electrons. The zero-order valence-electron chi connectivity index (χ0n) is 14.5. The lowest BCUT2D eigenvalue weighted by molar-refractivity contribution is 0.598. The van der Waals surface area contributed by atoms with Crippen LogP contribution in [0.15, 0.2) is 52.7 Å². The van der Waals surface area contributed by atoms with Gasteiger partial charge in [0.05, 0.1) is 15.1 Å². The number of nitrogens with zero attached hydrogens (tertiary/aromatic N) is 1. The Labute approximate surface area is 164 Å². The minimum absolute atomic E-state index is 0.0303. The first-order chi connectivity index (χ1) is 12.8. The van der Waals surface area contributed by atoms with Crippen LogP contribution in [-0.2, 0) is 10.0 Å². The van der Waals surface area contributed by atoms with Crippen LogP contribution in [0.4, 0.5) is 9.39 Å². The highest BCUT2D eigenvalue weighted by Gasteiger charge is 2.21. The van der Waals surface area contributed by atoms with E-state index in [1.54, 1.807) is 0 Å². The number of thiazole rings is 1. The molecule has 0 atom stereocenters. The molecule has 0 amide bonds. The number of benzene rings is 2. The van der Waals surface area contributed by atoms with E-state index in [4.69, 9.17) is 0 Å². The van der Waals surface area contributed by atoms with Crippen molar-refractivity contribution in [1.29, 1.82) is 0 Å². The number of fused-ring (bicyclic) bond motifs is 1. The van der Waals surface area contributed by atoms with Gasteiger partial charge in [-0.25, -0.2) is 17.8 Å². The molecule has 1 N–H and O–H groups in total. The molecule has 0 unspecified atom stereocenters. The molecule has 8 heteroatoms. The van der Waals surface area contributed by atoms with E-state index in [1.165, 1.54) is 41.7 Å². The van der Waals surface area contributed by atoms with Crippen molar-refractivity contribution in [3.05, 3.63) is 64.8 Å². The van der Waals surface area contributed by atoms with Gasteiger partial charge in [0.15, 0.2) is 0 Å². The predicted octanol–water partition coefficient (Wildman–Crippen LogP) is 5.58. The Balaban J connectivity index is 1.76. The third-order valence-electron chi connectivity index (χ3n) is 4.15. The minimum atomic E-state index is -3.83. The molecule has 0 saturated heterocycles. The third kappa shape index (κ3) is 3.36. The van der Waals surface area contributed by atoms with Gasteiger partial charge in [-0.05, 0) is 60.7 Å². The molecule has 27 heavy (non-hydrogen) atoms. The molecule has 0 saturated carbocycles. The van der Waals surface area contributed by atoms with Crippen LogP contribution in [0.2, 0.25) is 0 Å². The molecule has 0 spiro atoms. The van der Waals surface area contributed by atoms with Crippen LogP contribution < -0.4 is 4.72 Å². The van der Waals surface area contributed by atoms with Gasteiger partial charge in [0, 0.05) is 5.56 Å². The highest BCUT2D eigenvalue weighted by atomic mass is 32.2. The van der Waals surface area contributed by atoms with Crippen LogP contribution in [0.1, 0.15) is 11.1 Å². The topological polar surface area (TPSA) is 59.1 Å². The highest BCUT2D eigenvalue weighted by Crippen LogP contribution is 2.41. The first-order valence-corrected chi connectivity index (χ1v) is 11.3. The first-order valence-electron chi connectivity index (χ1n) is 8.08. The van der Waals surface area contributed by atoms with E-state index in [9.17, 15) is 12.8 Å². The number of nitrogens with one attached hydrogen (secondary N) is 1. The molecule has 0 aliphatic carbocycles. The molecule has 0 aliphatic heterocycles. The Morgan fingerprint density at radius 2 is 1.85 bits per heavy atom. The van der Waals surface area contributed by atoms with Gasteiger partial charge in [-0.1, -0.05) is 12.1 Å². The lowest BCUT2D eigenvalue weighted by atomic mass is 10.2. The molecule has 2 aromatic carbocycles. The standard InChI is InChI=1S/C19H15FN2O2S3/c1-11-9-13(7-8-14(11)20)27(23,24)22-19-17(12(2)10-25-19)18-21-15-5-3-4-6-16(15)26-18/h3-10,22H,1-2H3. The lowest BCUT2D eigenvalue weighted by Gasteiger charge is -2.09. The zero-order chi connectivity index (χ0) is 19.2. The second kappa shape index (κ2) is 6.70. The number of anilines is 1. The summed E-state index contributed by atoms with van der Waals surface area (Å²) in [6.07, 6.45) is 0. The summed E-state index contributed by atoms with van der Waals surface area (Å²) in [6.45, 7) is 3.47. The molecular formula is C19H15FN2O2S3. The maximum Gasteiger partial charge on any atom is 0.262 e. The van der Waals surface area contributed by atoms with Crippen molar-refractivity contribution in [2.45, 2.75) is 18.7 Å². The van der Waals surface area contributed by atoms with E-state index in [-0.39, 0.29) is 10.5 Å². The fourth-order valence-electron chi connectivity index (χ4n) is 2.73. The van der Waals surface area contributed by atoms with Gasteiger partial charge < -0.3 is 0 Å². The molecule has 0 aliphatic rings. The Morgan fingerprint density at radius 1 is 1.07 bits per heavy atom. The number of aromatic nitrogens is 1. The lowest BCUT2D eigenvalue weighted by Crippen LogP contribution is -2.13. The van der Waals surface area contributed by atoms with Crippen molar-refractivity contribution in [3.63, 3.8) is 0 Å². The summed E-state index contributed by atoms with van der Waals surface area (Å²) in [5.74, 6) is -0.434. The number of sulfonamides is 1. The van der Waals surface area contributed by atoms with E-state index in [2.05, 4.69) is 9.71 Å². The number of halogens is 1. The summed E-state index contributed by atoms with van der Waals surface area (Å²) in [4.78, 5) is 4.68. The summed E-state index contributed by atoms with van der Waals surface area (Å²) in [5, 5.41) is 3.17. The summed E-state index contributed by atoms with van der Waals surface area (Å²) in [6, 6.07) is 11.6. The molecule has 2 heterocycles. The van der Waals surface area contributed by atoms with Crippen molar-refractivity contribution < 1.29 is 12.8 Å². The number of rotatable bonds is 4. The zero-order valence-corrected chi connectivity index (χ0v) is 16.9. The molecule has 0 bridgehead atoms. The maximum absolute atomic E-state index is 13.5. The highest BCUT2D eigenvalue weighted by molar-refractivity contribution is 7.93. The predicted molar refractivity (Wildman–Crippen MR) is 110 cm³/mol. The maximum atomic E-state index is 13.5. The van der Waals surface area contributed by atoms with Gasteiger partial charge in [0.25, 0.3) is 10.0 Å². The second-order valence-corrected chi connectivity index (χ2v) is 9.72. The number of thiophene rings is 1. The Bertz CT molecular complexity index is 1230. The average Bonchev–Trinajstić information content (AvgIpc) is 3.19. The van der Waals surface area contributed by atoms with Gasteiger partial charge in [-0.2, -0.15) is 0 Å². The molecule has 4 rings (SSSR count). The molecule has 4 aromatic rings. The van der Waals surface area contributed by atoms with Crippen LogP contribution in [-0.4, -0.2) is 13.4 Å². The second-order valence-electron chi connectivity index (χ2n) is 6.13. The summed E-state index contributed by atoms with van der Waals surface area (Å²) in [5.41, 5.74) is 2.90.